The first-order valence-electron chi connectivity index (χ1n) is 6.73. The second-order valence-corrected chi connectivity index (χ2v) is 5.96. The van der Waals surface area contributed by atoms with Gasteiger partial charge in [0.1, 0.15) is 0 Å². The highest BCUT2D eigenvalue weighted by Gasteiger charge is 2.08. The van der Waals surface area contributed by atoms with Crippen molar-refractivity contribution in [3.63, 3.8) is 0 Å². The summed E-state index contributed by atoms with van der Waals surface area (Å²) >= 11 is 3.48. The summed E-state index contributed by atoms with van der Waals surface area (Å²) in [5, 5.41) is 0. The minimum Gasteiger partial charge on any atom is -0.324 e. The molecule has 4 heteroatoms. The second-order valence-electron chi connectivity index (χ2n) is 5.05. The molecule has 20 heavy (non-hydrogen) atoms. The molecule has 0 saturated heterocycles. The topological polar surface area (TPSA) is 42.1 Å². The van der Waals surface area contributed by atoms with E-state index in [4.69, 9.17) is 5.73 Å². The number of nitrogens with zero attached hydrogens (tertiary/aromatic N) is 2. The second kappa shape index (κ2) is 7.53. The molecule has 1 heterocycles. The van der Waals surface area contributed by atoms with E-state index >= 15 is 0 Å². The van der Waals surface area contributed by atoms with Crippen LogP contribution in [-0.2, 0) is 6.54 Å². The number of hydrogen-bond donors (Lipinski definition) is 1. The SMILES string of the molecule is CN(CCC(N)c1cccc(Br)c1)Cc1cccnc1. The molecule has 2 N–H and O–H groups in total. The maximum absolute atomic E-state index is 6.25. The number of rotatable bonds is 6. The molecule has 3 nitrogen and oxygen atoms in total. The predicted molar refractivity (Wildman–Crippen MR) is 86.3 cm³/mol. The smallest absolute Gasteiger partial charge is 0.0312 e. The van der Waals surface area contributed by atoms with E-state index in [0.717, 1.165) is 24.0 Å². The molecule has 0 bridgehead atoms. The number of halogens is 1. The Morgan fingerprint density at radius 2 is 2.15 bits per heavy atom. The van der Waals surface area contributed by atoms with Gasteiger partial charge in [0.05, 0.1) is 0 Å². The van der Waals surface area contributed by atoms with Crippen LogP contribution in [0.1, 0.15) is 23.6 Å². The molecule has 0 aliphatic heterocycles. The highest BCUT2D eigenvalue weighted by atomic mass is 79.9. The molecule has 0 saturated carbocycles. The Morgan fingerprint density at radius 1 is 1.30 bits per heavy atom. The van der Waals surface area contributed by atoms with Crippen molar-refractivity contribution in [1.82, 2.24) is 9.88 Å². The molecule has 0 aliphatic rings. The van der Waals surface area contributed by atoms with Crippen molar-refractivity contribution in [3.8, 4) is 0 Å². The van der Waals surface area contributed by atoms with E-state index in [0.29, 0.717) is 0 Å². The van der Waals surface area contributed by atoms with E-state index in [2.05, 4.69) is 51.1 Å². The molecule has 0 fully saturated rings. The standard InChI is InChI=1S/C16H20BrN3/c1-20(12-13-4-3-8-19-11-13)9-7-16(18)14-5-2-6-15(17)10-14/h2-6,8,10-11,16H,7,9,12,18H2,1H3. The van der Waals surface area contributed by atoms with Gasteiger partial charge in [-0.1, -0.05) is 34.1 Å². The van der Waals surface area contributed by atoms with Crippen molar-refractivity contribution in [2.24, 2.45) is 5.73 Å². The Morgan fingerprint density at radius 3 is 2.85 bits per heavy atom. The molecule has 0 aliphatic carbocycles. The van der Waals surface area contributed by atoms with Gasteiger partial charge in [0, 0.05) is 29.5 Å². The van der Waals surface area contributed by atoms with Gasteiger partial charge in [0.2, 0.25) is 0 Å². The van der Waals surface area contributed by atoms with E-state index < -0.39 is 0 Å². The molecule has 2 rings (SSSR count). The van der Waals surface area contributed by atoms with Crippen LogP contribution in [-0.4, -0.2) is 23.5 Å². The molecule has 0 radical (unpaired) electrons. The number of benzene rings is 1. The molecule has 106 valence electrons. The normalized spacial score (nSPS) is 12.6. The van der Waals surface area contributed by atoms with Crippen molar-refractivity contribution in [2.75, 3.05) is 13.6 Å². The number of aromatic nitrogens is 1. The van der Waals surface area contributed by atoms with Gasteiger partial charge in [-0.25, -0.2) is 0 Å². The van der Waals surface area contributed by atoms with E-state index in [9.17, 15) is 0 Å². The lowest BCUT2D eigenvalue weighted by Gasteiger charge is -2.19. The fraction of sp³-hybridized carbons (Fsp3) is 0.312. The van der Waals surface area contributed by atoms with Crippen LogP contribution in [0.3, 0.4) is 0 Å². The van der Waals surface area contributed by atoms with E-state index in [1.807, 2.05) is 24.4 Å². The monoisotopic (exact) mass is 333 g/mol. The Labute approximate surface area is 129 Å². The summed E-state index contributed by atoms with van der Waals surface area (Å²) in [6.07, 6.45) is 4.64. The van der Waals surface area contributed by atoms with Crippen LogP contribution in [0.4, 0.5) is 0 Å². The van der Waals surface area contributed by atoms with Gasteiger partial charge >= 0.3 is 0 Å². The Bertz CT molecular complexity index is 530. The lowest BCUT2D eigenvalue weighted by atomic mass is 10.0. The van der Waals surface area contributed by atoms with Gasteiger partial charge in [-0.15, -0.1) is 0 Å². The van der Waals surface area contributed by atoms with Crippen molar-refractivity contribution < 1.29 is 0 Å². The van der Waals surface area contributed by atoms with Crippen LogP contribution >= 0.6 is 15.9 Å². The lowest BCUT2D eigenvalue weighted by molar-refractivity contribution is 0.311. The van der Waals surface area contributed by atoms with Crippen molar-refractivity contribution >= 4 is 15.9 Å². The average molecular weight is 334 g/mol. The summed E-state index contributed by atoms with van der Waals surface area (Å²) in [6, 6.07) is 12.4. The summed E-state index contributed by atoms with van der Waals surface area (Å²) in [6.45, 7) is 1.86. The predicted octanol–water partition coefficient (Wildman–Crippen LogP) is 3.37. The Kier molecular flexibility index (Phi) is 5.71. The number of pyridine rings is 1. The molecular formula is C16H20BrN3. The van der Waals surface area contributed by atoms with Gasteiger partial charge in [-0.3, -0.25) is 4.98 Å². The van der Waals surface area contributed by atoms with E-state index in [1.54, 1.807) is 6.20 Å². The quantitative estimate of drug-likeness (QED) is 0.881. The zero-order valence-electron chi connectivity index (χ0n) is 11.7. The molecule has 1 aromatic carbocycles. The van der Waals surface area contributed by atoms with Crippen LogP contribution in [0.2, 0.25) is 0 Å². The third-order valence-corrected chi connectivity index (χ3v) is 3.77. The number of nitrogens with two attached hydrogens (primary N) is 1. The summed E-state index contributed by atoms with van der Waals surface area (Å²) in [7, 11) is 2.11. The summed E-state index contributed by atoms with van der Waals surface area (Å²) in [5.41, 5.74) is 8.65. The van der Waals surface area contributed by atoms with Crippen molar-refractivity contribution in [1.29, 1.82) is 0 Å². The number of hydrogen-bond acceptors (Lipinski definition) is 3. The average Bonchev–Trinajstić information content (AvgIpc) is 2.46. The maximum Gasteiger partial charge on any atom is 0.0312 e. The highest BCUT2D eigenvalue weighted by Crippen LogP contribution is 2.19. The zero-order valence-corrected chi connectivity index (χ0v) is 13.3. The molecule has 0 spiro atoms. The van der Waals surface area contributed by atoms with E-state index in [1.165, 1.54) is 11.1 Å². The van der Waals surface area contributed by atoms with Crippen LogP contribution < -0.4 is 5.73 Å². The minimum absolute atomic E-state index is 0.0730. The van der Waals surface area contributed by atoms with Gasteiger partial charge in [-0.05, 0) is 49.3 Å². The van der Waals surface area contributed by atoms with Crippen LogP contribution in [0.25, 0.3) is 0 Å². The molecule has 1 unspecified atom stereocenters. The lowest BCUT2D eigenvalue weighted by Crippen LogP contribution is -2.23. The third-order valence-electron chi connectivity index (χ3n) is 3.27. The highest BCUT2D eigenvalue weighted by molar-refractivity contribution is 9.10. The zero-order chi connectivity index (χ0) is 14.4. The molecular weight excluding hydrogens is 314 g/mol. The first kappa shape index (κ1) is 15.2. The maximum atomic E-state index is 6.25. The van der Waals surface area contributed by atoms with Crippen molar-refractivity contribution in [2.45, 2.75) is 19.0 Å². The molecule has 0 amide bonds. The first-order valence-corrected chi connectivity index (χ1v) is 7.53. The molecule has 2 aromatic rings. The fourth-order valence-electron chi connectivity index (χ4n) is 2.15. The van der Waals surface area contributed by atoms with Crippen LogP contribution in [0, 0.1) is 0 Å². The van der Waals surface area contributed by atoms with Gasteiger partial charge in [-0.2, -0.15) is 0 Å². The molecule has 1 atom stereocenters. The van der Waals surface area contributed by atoms with Crippen molar-refractivity contribution in [3.05, 3.63) is 64.4 Å². The Balaban J connectivity index is 1.82. The third kappa shape index (κ3) is 4.71. The summed E-state index contributed by atoms with van der Waals surface area (Å²) in [5.74, 6) is 0. The minimum atomic E-state index is 0.0730. The Hall–Kier alpha value is -1.23. The van der Waals surface area contributed by atoms with Crippen LogP contribution in [0.5, 0.6) is 0 Å². The largest absolute Gasteiger partial charge is 0.324 e. The van der Waals surface area contributed by atoms with Gasteiger partial charge in [0.15, 0.2) is 0 Å². The van der Waals surface area contributed by atoms with Gasteiger partial charge < -0.3 is 10.6 Å². The fourth-order valence-corrected chi connectivity index (χ4v) is 2.56. The summed E-state index contributed by atoms with van der Waals surface area (Å²) < 4.78 is 1.08. The van der Waals surface area contributed by atoms with Gasteiger partial charge in [0.25, 0.3) is 0 Å². The first-order chi connectivity index (χ1) is 9.65. The van der Waals surface area contributed by atoms with Crippen LogP contribution in [0.15, 0.2) is 53.3 Å². The van der Waals surface area contributed by atoms with E-state index in [-0.39, 0.29) is 6.04 Å². The molecule has 1 aromatic heterocycles. The summed E-state index contributed by atoms with van der Waals surface area (Å²) in [4.78, 5) is 6.41.